The molecule has 170 valence electrons. The lowest BCUT2D eigenvalue weighted by Crippen LogP contribution is -2.29. The van der Waals surface area contributed by atoms with Gasteiger partial charge in [0.25, 0.3) is 5.78 Å². The molecular formula is C27H21FN2O3S. The van der Waals surface area contributed by atoms with Crippen molar-refractivity contribution >= 4 is 44.1 Å². The Morgan fingerprint density at radius 2 is 1.82 bits per heavy atom. The summed E-state index contributed by atoms with van der Waals surface area (Å²) < 4.78 is 15.9. The van der Waals surface area contributed by atoms with E-state index in [-0.39, 0.29) is 22.0 Å². The number of anilines is 1. The largest absolute Gasteiger partial charge is 0.507 e. The minimum atomic E-state index is -1.14. The predicted molar refractivity (Wildman–Crippen MR) is 131 cm³/mol. The molecule has 7 heteroatoms. The number of fused-ring (bicyclic) bond motifs is 1. The number of rotatable bonds is 4. The van der Waals surface area contributed by atoms with E-state index >= 15 is 4.39 Å². The van der Waals surface area contributed by atoms with E-state index in [1.807, 2.05) is 32.0 Å². The third-order valence-corrected chi connectivity index (χ3v) is 7.04. The van der Waals surface area contributed by atoms with Gasteiger partial charge in [-0.3, -0.25) is 14.5 Å². The maximum absolute atomic E-state index is 15.0. The second kappa shape index (κ2) is 8.50. The van der Waals surface area contributed by atoms with Crippen LogP contribution in [0.5, 0.6) is 0 Å². The van der Waals surface area contributed by atoms with Gasteiger partial charge in [-0.15, -0.1) is 0 Å². The molecule has 0 saturated carbocycles. The van der Waals surface area contributed by atoms with E-state index in [0.717, 1.165) is 22.2 Å². The van der Waals surface area contributed by atoms with Gasteiger partial charge >= 0.3 is 5.91 Å². The zero-order chi connectivity index (χ0) is 24.0. The molecule has 1 aliphatic rings. The zero-order valence-corrected chi connectivity index (χ0v) is 19.4. The number of Topliss-reactive ketones (excluding diaryl/α,β-unsaturated/α-hetero) is 1. The minimum Gasteiger partial charge on any atom is -0.507 e. The van der Waals surface area contributed by atoms with Crippen molar-refractivity contribution in [2.24, 2.45) is 0 Å². The Kier molecular flexibility index (Phi) is 5.49. The standard InChI is InChI=1S/C27H21FN2O3S/c1-3-16-10-13-20-21(14-16)34-27(29-20)30-23(18-6-4-5-7-19(18)28)22(25(32)26(30)33)24(31)17-11-8-15(2)9-12-17/h4-14,23,31H,3H2,1-2H3. The van der Waals surface area contributed by atoms with E-state index in [4.69, 9.17) is 0 Å². The first-order valence-electron chi connectivity index (χ1n) is 10.9. The molecule has 1 aromatic heterocycles. The molecule has 1 amide bonds. The molecule has 0 spiro atoms. The van der Waals surface area contributed by atoms with Gasteiger partial charge < -0.3 is 5.11 Å². The third-order valence-electron chi connectivity index (χ3n) is 6.03. The number of amides is 1. The number of carbonyl (C=O) groups excluding carboxylic acids is 2. The molecule has 1 fully saturated rings. The van der Waals surface area contributed by atoms with Gasteiger partial charge in [0.15, 0.2) is 5.13 Å². The number of aliphatic hydroxyl groups is 1. The molecule has 1 N–H and O–H groups in total. The van der Waals surface area contributed by atoms with Gasteiger partial charge in [0.1, 0.15) is 17.6 Å². The van der Waals surface area contributed by atoms with Gasteiger partial charge in [0.05, 0.1) is 15.8 Å². The topological polar surface area (TPSA) is 70.5 Å². The summed E-state index contributed by atoms with van der Waals surface area (Å²) in [4.78, 5) is 32.3. The van der Waals surface area contributed by atoms with Crippen molar-refractivity contribution in [3.8, 4) is 0 Å². The number of ketones is 1. The van der Waals surface area contributed by atoms with Gasteiger partial charge in [-0.25, -0.2) is 9.37 Å². The number of halogens is 1. The van der Waals surface area contributed by atoms with Crippen LogP contribution in [0.25, 0.3) is 16.0 Å². The maximum atomic E-state index is 15.0. The Morgan fingerprint density at radius 1 is 1.09 bits per heavy atom. The van der Waals surface area contributed by atoms with Crippen molar-refractivity contribution in [3.05, 3.63) is 100 Å². The van der Waals surface area contributed by atoms with Crippen molar-refractivity contribution < 1.29 is 19.1 Å². The van der Waals surface area contributed by atoms with Crippen molar-refractivity contribution in [1.82, 2.24) is 4.98 Å². The number of aryl methyl sites for hydroxylation is 2. The molecule has 2 heterocycles. The smallest absolute Gasteiger partial charge is 0.301 e. The number of hydrogen-bond donors (Lipinski definition) is 1. The van der Waals surface area contributed by atoms with Crippen molar-refractivity contribution in [1.29, 1.82) is 0 Å². The highest BCUT2D eigenvalue weighted by Gasteiger charge is 2.49. The molecule has 4 aromatic rings. The maximum Gasteiger partial charge on any atom is 0.301 e. The summed E-state index contributed by atoms with van der Waals surface area (Å²) in [5.74, 6) is -2.65. The van der Waals surface area contributed by atoms with E-state index in [0.29, 0.717) is 11.1 Å². The van der Waals surface area contributed by atoms with Crippen LogP contribution in [0.3, 0.4) is 0 Å². The molecule has 1 atom stereocenters. The van der Waals surface area contributed by atoms with Crippen molar-refractivity contribution in [2.45, 2.75) is 26.3 Å². The van der Waals surface area contributed by atoms with Gasteiger partial charge in [-0.2, -0.15) is 0 Å². The number of thiazole rings is 1. The number of hydrogen-bond acceptors (Lipinski definition) is 5. The quantitative estimate of drug-likeness (QED) is 0.227. The van der Waals surface area contributed by atoms with Gasteiger partial charge in [0, 0.05) is 11.1 Å². The first kappa shape index (κ1) is 22.0. The second-order valence-electron chi connectivity index (χ2n) is 8.21. The van der Waals surface area contributed by atoms with E-state index in [2.05, 4.69) is 4.98 Å². The van der Waals surface area contributed by atoms with Crippen LogP contribution in [0.4, 0.5) is 9.52 Å². The average Bonchev–Trinajstić information content (AvgIpc) is 3.37. The third kappa shape index (κ3) is 3.58. The Hall–Kier alpha value is -3.84. The molecular weight excluding hydrogens is 451 g/mol. The summed E-state index contributed by atoms with van der Waals surface area (Å²) in [5, 5.41) is 11.4. The lowest BCUT2D eigenvalue weighted by Gasteiger charge is -2.23. The van der Waals surface area contributed by atoms with Gasteiger partial charge in [0.2, 0.25) is 0 Å². The summed E-state index contributed by atoms with van der Waals surface area (Å²) in [6.07, 6.45) is 0.847. The molecule has 0 aliphatic carbocycles. The number of nitrogens with zero attached hydrogens (tertiary/aromatic N) is 2. The zero-order valence-electron chi connectivity index (χ0n) is 18.6. The number of aromatic nitrogens is 1. The lowest BCUT2D eigenvalue weighted by molar-refractivity contribution is -0.132. The molecule has 1 saturated heterocycles. The number of carbonyl (C=O) groups is 2. The first-order chi connectivity index (χ1) is 16.4. The molecule has 0 bridgehead atoms. The predicted octanol–water partition coefficient (Wildman–Crippen LogP) is 5.93. The summed E-state index contributed by atoms with van der Waals surface area (Å²) >= 11 is 1.26. The Labute approximate surface area is 199 Å². The van der Waals surface area contributed by atoms with Crippen molar-refractivity contribution in [2.75, 3.05) is 4.90 Å². The van der Waals surface area contributed by atoms with Crippen LogP contribution in [0, 0.1) is 12.7 Å². The van der Waals surface area contributed by atoms with Crippen LogP contribution in [0.1, 0.15) is 35.2 Å². The average molecular weight is 473 g/mol. The molecule has 1 aliphatic heterocycles. The lowest BCUT2D eigenvalue weighted by atomic mass is 9.95. The fraction of sp³-hybridized carbons (Fsp3) is 0.148. The van der Waals surface area contributed by atoms with Gasteiger partial charge in [-0.1, -0.05) is 72.4 Å². The highest BCUT2D eigenvalue weighted by molar-refractivity contribution is 7.22. The van der Waals surface area contributed by atoms with Crippen LogP contribution in [0.2, 0.25) is 0 Å². The van der Waals surface area contributed by atoms with E-state index in [1.165, 1.54) is 34.4 Å². The Bertz CT molecular complexity index is 1470. The Morgan fingerprint density at radius 3 is 2.53 bits per heavy atom. The van der Waals surface area contributed by atoms with Crippen LogP contribution >= 0.6 is 11.3 Å². The molecule has 3 aromatic carbocycles. The van der Waals surface area contributed by atoms with Crippen LogP contribution < -0.4 is 4.90 Å². The normalized spacial score (nSPS) is 17.6. The second-order valence-corrected chi connectivity index (χ2v) is 9.22. The fourth-order valence-corrected chi connectivity index (χ4v) is 5.22. The minimum absolute atomic E-state index is 0.115. The summed E-state index contributed by atoms with van der Waals surface area (Å²) in [6.45, 7) is 3.95. The fourth-order valence-electron chi connectivity index (χ4n) is 4.17. The van der Waals surface area contributed by atoms with E-state index in [9.17, 15) is 14.7 Å². The molecule has 5 rings (SSSR count). The van der Waals surface area contributed by atoms with E-state index < -0.39 is 23.5 Å². The number of benzene rings is 3. The van der Waals surface area contributed by atoms with E-state index in [1.54, 1.807) is 30.3 Å². The highest BCUT2D eigenvalue weighted by Crippen LogP contribution is 2.45. The SMILES string of the molecule is CCc1ccc2nc(N3C(=O)C(=O)C(=C(O)c4ccc(C)cc4)C3c3ccccc3F)sc2c1. The number of aliphatic hydroxyl groups excluding tert-OH is 1. The summed E-state index contributed by atoms with van der Waals surface area (Å²) in [5.41, 5.74) is 3.11. The molecule has 5 nitrogen and oxygen atoms in total. The Balaban J connectivity index is 1.73. The van der Waals surface area contributed by atoms with Crippen LogP contribution in [0.15, 0.2) is 72.3 Å². The molecule has 34 heavy (non-hydrogen) atoms. The van der Waals surface area contributed by atoms with Crippen LogP contribution in [-0.4, -0.2) is 21.8 Å². The molecule has 0 radical (unpaired) electrons. The molecule has 1 unspecified atom stereocenters. The summed E-state index contributed by atoms with van der Waals surface area (Å²) in [6, 6.07) is 17.6. The van der Waals surface area contributed by atoms with Gasteiger partial charge in [-0.05, 0) is 37.1 Å². The first-order valence-corrected chi connectivity index (χ1v) is 11.7. The van der Waals surface area contributed by atoms with Crippen LogP contribution in [-0.2, 0) is 16.0 Å². The highest BCUT2D eigenvalue weighted by atomic mass is 32.1. The monoisotopic (exact) mass is 472 g/mol. The van der Waals surface area contributed by atoms with Crippen molar-refractivity contribution in [3.63, 3.8) is 0 Å². The summed E-state index contributed by atoms with van der Waals surface area (Å²) in [7, 11) is 0.